The number of likely N-dealkylation sites (tertiary alicyclic amines) is 1. The highest BCUT2D eigenvalue weighted by molar-refractivity contribution is 9.10. The lowest BCUT2D eigenvalue weighted by atomic mass is 9.99. The van der Waals surface area contributed by atoms with Gasteiger partial charge in [0.15, 0.2) is 0 Å². The Morgan fingerprint density at radius 1 is 1.13 bits per heavy atom. The van der Waals surface area contributed by atoms with Gasteiger partial charge in [0.05, 0.1) is 12.5 Å². The lowest BCUT2D eigenvalue weighted by Gasteiger charge is -2.25. The first-order valence-corrected chi connectivity index (χ1v) is 11.3. The molecule has 2 aromatic carbocycles. The van der Waals surface area contributed by atoms with Crippen LogP contribution < -0.4 is 5.32 Å². The monoisotopic (exact) mass is 486 g/mol. The van der Waals surface area contributed by atoms with E-state index < -0.39 is 12.0 Å². The van der Waals surface area contributed by atoms with E-state index in [2.05, 4.69) is 21.2 Å². The van der Waals surface area contributed by atoms with Crippen molar-refractivity contribution < 1.29 is 19.1 Å². The van der Waals surface area contributed by atoms with Gasteiger partial charge < -0.3 is 15.0 Å². The van der Waals surface area contributed by atoms with Crippen molar-refractivity contribution in [2.75, 3.05) is 19.7 Å². The number of nitrogens with zero attached hydrogens (tertiary/aromatic N) is 1. The second-order valence-electron chi connectivity index (χ2n) is 7.55. The van der Waals surface area contributed by atoms with Gasteiger partial charge in [-0.2, -0.15) is 0 Å². The van der Waals surface area contributed by atoms with Crippen LogP contribution in [-0.2, 0) is 20.7 Å². The third-order valence-corrected chi connectivity index (χ3v) is 5.90. The summed E-state index contributed by atoms with van der Waals surface area (Å²) in [6.07, 6.45) is 1.86. The first-order chi connectivity index (χ1) is 15.0. The molecule has 7 heteroatoms. The van der Waals surface area contributed by atoms with Gasteiger partial charge in [-0.15, -0.1) is 0 Å². The van der Waals surface area contributed by atoms with Crippen LogP contribution in [0.15, 0.2) is 59.1 Å². The van der Waals surface area contributed by atoms with Crippen LogP contribution in [0.5, 0.6) is 0 Å². The van der Waals surface area contributed by atoms with Crippen LogP contribution in [0.25, 0.3) is 0 Å². The number of hydrogen-bond donors (Lipinski definition) is 1. The van der Waals surface area contributed by atoms with Gasteiger partial charge in [-0.1, -0.05) is 46.3 Å². The molecule has 2 aromatic rings. The SMILES string of the molecule is CCOC(=O)C(CNC(=O)C1CCCN1C(=O)c1ccc(Br)cc1)Cc1ccccc1. The highest BCUT2D eigenvalue weighted by Crippen LogP contribution is 2.22. The minimum atomic E-state index is -0.532. The quantitative estimate of drug-likeness (QED) is 0.578. The molecule has 0 aromatic heterocycles. The molecule has 3 rings (SSSR count). The third-order valence-electron chi connectivity index (χ3n) is 5.38. The van der Waals surface area contributed by atoms with Crippen LogP contribution in [0.3, 0.4) is 0 Å². The van der Waals surface area contributed by atoms with E-state index in [1.807, 2.05) is 42.5 Å². The fraction of sp³-hybridized carbons (Fsp3) is 0.375. The van der Waals surface area contributed by atoms with E-state index in [4.69, 9.17) is 4.74 Å². The highest BCUT2D eigenvalue weighted by atomic mass is 79.9. The number of benzene rings is 2. The van der Waals surface area contributed by atoms with E-state index >= 15 is 0 Å². The summed E-state index contributed by atoms with van der Waals surface area (Å²) in [5.41, 5.74) is 1.55. The van der Waals surface area contributed by atoms with Gasteiger partial charge in [0.25, 0.3) is 5.91 Å². The van der Waals surface area contributed by atoms with Gasteiger partial charge in [-0.25, -0.2) is 0 Å². The molecule has 31 heavy (non-hydrogen) atoms. The smallest absolute Gasteiger partial charge is 0.311 e. The second kappa shape index (κ2) is 11.1. The van der Waals surface area contributed by atoms with Crippen molar-refractivity contribution in [3.63, 3.8) is 0 Å². The van der Waals surface area contributed by atoms with Gasteiger partial charge >= 0.3 is 5.97 Å². The maximum atomic E-state index is 12.9. The van der Waals surface area contributed by atoms with Crippen LogP contribution in [0, 0.1) is 5.92 Å². The number of nitrogens with one attached hydrogen (secondary N) is 1. The van der Waals surface area contributed by atoms with E-state index in [9.17, 15) is 14.4 Å². The molecule has 6 nitrogen and oxygen atoms in total. The Morgan fingerprint density at radius 2 is 1.84 bits per heavy atom. The molecular weight excluding hydrogens is 460 g/mol. The molecule has 1 aliphatic heterocycles. The maximum absolute atomic E-state index is 12.9. The predicted octanol–water partition coefficient (Wildman–Crippen LogP) is 3.59. The van der Waals surface area contributed by atoms with Crippen LogP contribution in [0.4, 0.5) is 0 Å². The Bertz CT molecular complexity index is 902. The number of amides is 2. The van der Waals surface area contributed by atoms with Crippen LogP contribution in [0.2, 0.25) is 0 Å². The van der Waals surface area contributed by atoms with Crippen molar-refractivity contribution in [2.45, 2.75) is 32.2 Å². The van der Waals surface area contributed by atoms with Crippen molar-refractivity contribution in [1.29, 1.82) is 0 Å². The normalized spacial score (nSPS) is 16.6. The number of ether oxygens (including phenoxy) is 1. The third kappa shape index (κ3) is 6.17. The van der Waals surface area contributed by atoms with E-state index in [0.29, 0.717) is 24.9 Å². The summed E-state index contributed by atoms with van der Waals surface area (Å²) in [6, 6.07) is 16.2. The average Bonchev–Trinajstić information content (AvgIpc) is 3.27. The Kier molecular flexibility index (Phi) is 8.23. The number of carbonyl (C=O) groups excluding carboxylic acids is 3. The molecule has 164 valence electrons. The van der Waals surface area contributed by atoms with Crippen LogP contribution in [0.1, 0.15) is 35.7 Å². The minimum absolute atomic E-state index is 0.156. The molecule has 1 heterocycles. The van der Waals surface area contributed by atoms with Crippen molar-refractivity contribution in [3.8, 4) is 0 Å². The Labute approximate surface area is 191 Å². The molecule has 1 aliphatic rings. The predicted molar refractivity (Wildman–Crippen MR) is 121 cm³/mol. The fourth-order valence-corrected chi connectivity index (χ4v) is 4.04. The Balaban J connectivity index is 1.64. The maximum Gasteiger partial charge on any atom is 0.311 e. The zero-order valence-corrected chi connectivity index (χ0v) is 19.1. The Morgan fingerprint density at radius 3 is 2.52 bits per heavy atom. The molecule has 2 amide bonds. The topological polar surface area (TPSA) is 75.7 Å². The van der Waals surface area contributed by atoms with Crippen LogP contribution in [-0.4, -0.2) is 48.4 Å². The summed E-state index contributed by atoms with van der Waals surface area (Å²) in [4.78, 5) is 39.9. The molecule has 1 N–H and O–H groups in total. The summed E-state index contributed by atoms with van der Waals surface area (Å²) >= 11 is 3.37. The molecule has 0 aliphatic carbocycles. The summed E-state index contributed by atoms with van der Waals surface area (Å²) in [7, 11) is 0. The average molecular weight is 487 g/mol. The van der Waals surface area contributed by atoms with Crippen molar-refractivity contribution in [1.82, 2.24) is 10.2 Å². The molecule has 0 spiro atoms. The molecular formula is C24H27BrN2O4. The zero-order chi connectivity index (χ0) is 22.2. The number of esters is 1. The van der Waals surface area contributed by atoms with Crippen molar-refractivity contribution >= 4 is 33.7 Å². The number of rotatable bonds is 8. The molecule has 2 atom stereocenters. The molecule has 2 unspecified atom stereocenters. The second-order valence-corrected chi connectivity index (χ2v) is 8.46. The summed E-state index contributed by atoms with van der Waals surface area (Å²) in [5, 5.41) is 2.89. The number of hydrogen-bond acceptors (Lipinski definition) is 4. The van der Waals surface area contributed by atoms with Crippen molar-refractivity contribution in [3.05, 3.63) is 70.2 Å². The minimum Gasteiger partial charge on any atom is -0.466 e. The van der Waals surface area contributed by atoms with Crippen molar-refractivity contribution in [2.24, 2.45) is 5.92 Å². The number of carbonyl (C=O) groups is 3. The van der Waals surface area contributed by atoms with E-state index in [1.54, 1.807) is 24.0 Å². The van der Waals surface area contributed by atoms with E-state index in [1.165, 1.54) is 0 Å². The molecule has 1 saturated heterocycles. The summed E-state index contributed by atoms with van der Waals surface area (Å²) in [5.74, 6) is -1.20. The molecule has 0 radical (unpaired) electrons. The largest absolute Gasteiger partial charge is 0.466 e. The van der Waals surface area contributed by atoms with Gasteiger partial charge in [-0.3, -0.25) is 14.4 Å². The lowest BCUT2D eigenvalue weighted by molar-refractivity contribution is -0.148. The zero-order valence-electron chi connectivity index (χ0n) is 17.6. The molecule has 1 fully saturated rings. The highest BCUT2D eigenvalue weighted by Gasteiger charge is 2.35. The summed E-state index contributed by atoms with van der Waals surface area (Å²) < 4.78 is 6.09. The fourth-order valence-electron chi connectivity index (χ4n) is 3.78. The van der Waals surface area contributed by atoms with E-state index in [-0.39, 0.29) is 30.9 Å². The summed E-state index contributed by atoms with van der Waals surface area (Å²) in [6.45, 7) is 2.76. The Hall–Kier alpha value is -2.67. The van der Waals surface area contributed by atoms with E-state index in [0.717, 1.165) is 16.5 Å². The molecule has 0 saturated carbocycles. The molecule has 0 bridgehead atoms. The van der Waals surface area contributed by atoms with Gasteiger partial charge in [0.2, 0.25) is 5.91 Å². The first-order valence-electron chi connectivity index (χ1n) is 10.5. The first kappa shape index (κ1) is 23.0. The van der Waals surface area contributed by atoms with Crippen LogP contribution >= 0.6 is 15.9 Å². The standard InChI is InChI=1S/C24H27BrN2O4/c1-2-31-24(30)19(15-17-7-4-3-5-8-17)16-26-22(28)21-9-6-14-27(21)23(29)18-10-12-20(25)13-11-18/h3-5,7-8,10-13,19,21H,2,6,9,14-16H2,1H3,(H,26,28). The lowest BCUT2D eigenvalue weighted by Crippen LogP contribution is -2.47. The van der Waals surface area contributed by atoms with Gasteiger partial charge in [0, 0.05) is 23.1 Å². The number of halogens is 1. The van der Waals surface area contributed by atoms with Gasteiger partial charge in [-0.05, 0) is 56.0 Å². The van der Waals surface area contributed by atoms with Gasteiger partial charge in [0.1, 0.15) is 6.04 Å².